The Bertz CT molecular complexity index is 566. The zero-order chi connectivity index (χ0) is 12.4. The highest BCUT2D eigenvalue weighted by molar-refractivity contribution is 9.10. The van der Waals surface area contributed by atoms with Gasteiger partial charge in [-0.05, 0) is 40.2 Å². The molecule has 1 heterocycles. The Morgan fingerprint density at radius 2 is 1.76 bits per heavy atom. The smallest absolute Gasteiger partial charge is 0.218 e. The number of halogens is 3. The minimum absolute atomic E-state index is 0.0171. The second-order valence-corrected chi connectivity index (χ2v) is 4.11. The third-order valence-electron chi connectivity index (χ3n) is 2.16. The van der Waals surface area contributed by atoms with Gasteiger partial charge in [0.1, 0.15) is 17.3 Å². The molecule has 0 N–H and O–H groups in total. The summed E-state index contributed by atoms with van der Waals surface area (Å²) in [6.45, 7) is 0. The van der Waals surface area contributed by atoms with Crippen molar-refractivity contribution in [2.75, 3.05) is 0 Å². The summed E-state index contributed by atoms with van der Waals surface area (Å²) in [7, 11) is 0. The Morgan fingerprint density at radius 3 is 2.35 bits per heavy atom. The Kier molecular flexibility index (Phi) is 3.28. The molecule has 0 saturated carbocycles. The van der Waals surface area contributed by atoms with E-state index in [2.05, 4.69) is 20.9 Å². The standard InChI is InChI=1S/C12H6BrF2NO/c13-7-3-2-6-16-11(7)12(17)10-8(14)4-1-5-9(10)15/h1-6H. The van der Waals surface area contributed by atoms with Crippen LogP contribution in [0.5, 0.6) is 0 Å². The first kappa shape index (κ1) is 11.9. The van der Waals surface area contributed by atoms with Crippen molar-refractivity contribution >= 4 is 21.7 Å². The molecule has 17 heavy (non-hydrogen) atoms. The molecule has 0 aliphatic carbocycles. The molecule has 0 aliphatic heterocycles. The maximum atomic E-state index is 13.4. The number of hydrogen-bond acceptors (Lipinski definition) is 2. The van der Waals surface area contributed by atoms with Crippen LogP contribution >= 0.6 is 15.9 Å². The van der Waals surface area contributed by atoms with Crippen LogP contribution in [-0.2, 0) is 0 Å². The number of hydrogen-bond donors (Lipinski definition) is 0. The van der Waals surface area contributed by atoms with Gasteiger partial charge in [0.15, 0.2) is 0 Å². The van der Waals surface area contributed by atoms with E-state index < -0.39 is 23.0 Å². The first-order valence-corrected chi connectivity index (χ1v) is 5.50. The predicted molar refractivity (Wildman–Crippen MR) is 61.7 cm³/mol. The summed E-state index contributed by atoms with van der Waals surface area (Å²) in [5.74, 6) is -2.58. The lowest BCUT2D eigenvalue weighted by atomic mass is 10.1. The van der Waals surface area contributed by atoms with Gasteiger partial charge in [-0.1, -0.05) is 6.07 Å². The molecule has 1 aromatic heterocycles. The van der Waals surface area contributed by atoms with E-state index >= 15 is 0 Å². The minimum Gasteiger partial charge on any atom is -0.287 e. The molecule has 5 heteroatoms. The van der Waals surface area contributed by atoms with Crippen molar-refractivity contribution in [3.05, 3.63) is 63.9 Å². The lowest BCUT2D eigenvalue weighted by Crippen LogP contribution is -2.09. The van der Waals surface area contributed by atoms with Crippen molar-refractivity contribution in [3.8, 4) is 0 Å². The largest absolute Gasteiger partial charge is 0.287 e. The van der Waals surface area contributed by atoms with Crippen LogP contribution in [0.15, 0.2) is 41.0 Å². The van der Waals surface area contributed by atoms with E-state index in [0.29, 0.717) is 4.47 Å². The summed E-state index contributed by atoms with van der Waals surface area (Å²) in [5, 5.41) is 0. The average Bonchev–Trinajstić information content (AvgIpc) is 2.29. The van der Waals surface area contributed by atoms with Crippen LogP contribution in [0.1, 0.15) is 16.1 Å². The monoisotopic (exact) mass is 297 g/mol. The van der Waals surface area contributed by atoms with E-state index in [9.17, 15) is 13.6 Å². The van der Waals surface area contributed by atoms with Crippen molar-refractivity contribution in [2.45, 2.75) is 0 Å². The summed E-state index contributed by atoms with van der Waals surface area (Å²) < 4.78 is 27.2. The van der Waals surface area contributed by atoms with E-state index in [-0.39, 0.29) is 5.69 Å². The zero-order valence-corrected chi connectivity index (χ0v) is 10.0. The summed E-state index contributed by atoms with van der Waals surface area (Å²) in [4.78, 5) is 15.7. The highest BCUT2D eigenvalue weighted by atomic mass is 79.9. The molecule has 0 radical (unpaired) electrons. The summed E-state index contributed by atoms with van der Waals surface area (Å²) >= 11 is 3.12. The zero-order valence-electron chi connectivity index (χ0n) is 8.45. The van der Waals surface area contributed by atoms with Gasteiger partial charge in [0, 0.05) is 10.7 Å². The average molecular weight is 298 g/mol. The Hall–Kier alpha value is -1.62. The number of aromatic nitrogens is 1. The van der Waals surface area contributed by atoms with Crippen LogP contribution in [0, 0.1) is 11.6 Å². The van der Waals surface area contributed by atoms with Crippen LogP contribution in [0.3, 0.4) is 0 Å². The maximum Gasteiger partial charge on any atom is 0.218 e. The molecular weight excluding hydrogens is 292 g/mol. The topological polar surface area (TPSA) is 30.0 Å². The number of rotatable bonds is 2. The van der Waals surface area contributed by atoms with E-state index in [1.807, 2.05) is 0 Å². The molecular formula is C12H6BrF2NO. The number of nitrogens with zero attached hydrogens (tertiary/aromatic N) is 1. The van der Waals surface area contributed by atoms with Gasteiger partial charge in [0.2, 0.25) is 5.78 Å². The number of pyridine rings is 1. The van der Waals surface area contributed by atoms with Gasteiger partial charge in [-0.25, -0.2) is 8.78 Å². The van der Waals surface area contributed by atoms with Crippen molar-refractivity contribution in [2.24, 2.45) is 0 Å². The molecule has 0 saturated heterocycles. The van der Waals surface area contributed by atoms with Gasteiger partial charge in [-0.2, -0.15) is 0 Å². The second kappa shape index (κ2) is 4.71. The molecule has 0 aliphatic rings. The van der Waals surface area contributed by atoms with Crippen molar-refractivity contribution in [1.29, 1.82) is 0 Å². The Labute approximate surface area is 104 Å². The lowest BCUT2D eigenvalue weighted by molar-refractivity contribution is 0.102. The fourth-order valence-electron chi connectivity index (χ4n) is 1.39. The summed E-state index contributed by atoms with van der Waals surface area (Å²) in [6.07, 6.45) is 1.39. The molecule has 0 atom stereocenters. The Balaban J connectivity index is 2.56. The lowest BCUT2D eigenvalue weighted by Gasteiger charge is -2.04. The van der Waals surface area contributed by atoms with Crippen LogP contribution in [0.2, 0.25) is 0 Å². The number of benzene rings is 1. The molecule has 86 valence electrons. The first-order valence-electron chi connectivity index (χ1n) is 4.70. The third kappa shape index (κ3) is 2.24. The Morgan fingerprint density at radius 1 is 1.12 bits per heavy atom. The van der Waals surface area contributed by atoms with Crippen molar-refractivity contribution in [3.63, 3.8) is 0 Å². The number of ketones is 1. The molecule has 2 nitrogen and oxygen atoms in total. The highest BCUT2D eigenvalue weighted by Gasteiger charge is 2.21. The predicted octanol–water partition coefficient (Wildman–Crippen LogP) is 3.35. The van der Waals surface area contributed by atoms with E-state index in [0.717, 1.165) is 12.1 Å². The first-order chi connectivity index (χ1) is 8.11. The molecule has 2 aromatic rings. The van der Waals surface area contributed by atoms with Crippen LogP contribution < -0.4 is 0 Å². The van der Waals surface area contributed by atoms with Crippen LogP contribution in [0.4, 0.5) is 8.78 Å². The quantitative estimate of drug-likeness (QED) is 0.796. The minimum atomic E-state index is -0.896. The molecule has 0 bridgehead atoms. The van der Waals surface area contributed by atoms with Gasteiger partial charge in [-0.3, -0.25) is 9.78 Å². The SMILES string of the molecule is O=C(c1ncccc1Br)c1c(F)cccc1F. The highest BCUT2D eigenvalue weighted by Crippen LogP contribution is 2.21. The molecule has 1 aromatic carbocycles. The van der Waals surface area contributed by atoms with Crippen molar-refractivity contribution < 1.29 is 13.6 Å². The van der Waals surface area contributed by atoms with E-state index in [4.69, 9.17) is 0 Å². The fourth-order valence-corrected chi connectivity index (χ4v) is 1.82. The second-order valence-electron chi connectivity index (χ2n) is 3.26. The van der Waals surface area contributed by atoms with Crippen LogP contribution in [-0.4, -0.2) is 10.8 Å². The number of carbonyl (C=O) groups is 1. The molecule has 0 unspecified atom stereocenters. The summed E-state index contributed by atoms with van der Waals surface area (Å²) in [5.41, 5.74) is -0.608. The van der Waals surface area contributed by atoms with Gasteiger partial charge in [-0.15, -0.1) is 0 Å². The fraction of sp³-hybridized carbons (Fsp3) is 0. The molecule has 0 fully saturated rings. The van der Waals surface area contributed by atoms with Gasteiger partial charge in [0.05, 0.1) is 5.56 Å². The van der Waals surface area contributed by atoms with E-state index in [1.165, 1.54) is 12.3 Å². The maximum absolute atomic E-state index is 13.4. The summed E-state index contributed by atoms with van der Waals surface area (Å²) in [6, 6.07) is 6.47. The van der Waals surface area contributed by atoms with E-state index in [1.54, 1.807) is 12.1 Å². The van der Waals surface area contributed by atoms with Crippen LogP contribution in [0.25, 0.3) is 0 Å². The molecule has 0 spiro atoms. The van der Waals surface area contributed by atoms with Gasteiger partial charge in [0.25, 0.3) is 0 Å². The normalized spacial score (nSPS) is 10.3. The van der Waals surface area contributed by atoms with Gasteiger partial charge < -0.3 is 0 Å². The van der Waals surface area contributed by atoms with Crippen molar-refractivity contribution in [1.82, 2.24) is 4.98 Å². The molecule has 2 rings (SSSR count). The van der Waals surface area contributed by atoms with Gasteiger partial charge >= 0.3 is 0 Å². The molecule has 0 amide bonds. The number of carbonyl (C=O) groups excluding carboxylic acids is 1. The third-order valence-corrected chi connectivity index (χ3v) is 2.80.